The van der Waals surface area contributed by atoms with Gasteiger partial charge in [0.05, 0.1) is 25.9 Å². The highest BCUT2D eigenvalue weighted by atomic mass is 16.5. The highest BCUT2D eigenvalue weighted by Crippen LogP contribution is 2.18. The number of carboxylic acid groups (broad SMARTS) is 1. The zero-order valence-electron chi connectivity index (χ0n) is 12.2. The molecule has 0 saturated heterocycles. The lowest BCUT2D eigenvalue weighted by atomic mass is 10.0. The Balaban J connectivity index is 2.60. The first-order valence-electron chi connectivity index (χ1n) is 6.61. The molecule has 1 rings (SSSR count). The first-order chi connectivity index (χ1) is 9.36. The first kappa shape index (κ1) is 16.5. The van der Waals surface area contributed by atoms with Gasteiger partial charge in [-0.05, 0) is 26.3 Å². The highest BCUT2D eigenvalue weighted by Gasteiger charge is 2.32. The fraction of sp³-hybridized carbons (Fsp3) is 0.533. The molecule has 1 aromatic carbocycles. The molecule has 0 bridgehead atoms. The summed E-state index contributed by atoms with van der Waals surface area (Å²) in [5, 5.41) is 18.7. The van der Waals surface area contributed by atoms with Gasteiger partial charge in [-0.1, -0.05) is 30.3 Å². The van der Waals surface area contributed by atoms with Crippen LogP contribution in [0.3, 0.4) is 0 Å². The Morgan fingerprint density at radius 3 is 2.35 bits per heavy atom. The maximum atomic E-state index is 11.3. The fourth-order valence-electron chi connectivity index (χ4n) is 2.09. The molecule has 1 aromatic rings. The molecule has 112 valence electrons. The molecule has 0 aliphatic carbocycles. The lowest BCUT2D eigenvalue weighted by Crippen LogP contribution is -2.54. The summed E-state index contributed by atoms with van der Waals surface area (Å²) in [6.07, 6.45) is -1.06. The monoisotopic (exact) mass is 281 g/mol. The lowest BCUT2D eigenvalue weighted by Gasteiger charge is -2.38. The van der Waals surface area contributed by atoms with Crippen molar-refractivity contribution in [2.45, 2.75) is 39.0 Å². The Hall–Kier alpha value is -1.59. The second kappa shape index (κ2) is 7.26. The van der Waals surface area contributed by atoms with E-state index in [0.717, 1.165) is 5.56 Å². The quantitative estimate of drug-likeness (QED) is 0.839. The van der Waals surface area contributed by atoms with Crippen LogP contribution in [0.5, 0.6) is 0 Å². The van der Waals surface area contributed by atoms with Gasteiger partial charge in [0.15, 0.2) is 0 Å². The van der Waals surface area contributed by atoms with Crippen molar-refractivity contribution in [3.8, 4) is 0 Å². The molecule has 5 heteroatoms. The molecule has 2 N–H and O–H groups in total. The second-order valence-corrected chi connectivity index (χ2v) is 5.66. The second-order valence-electron chi connectivity index (χ2n) is 5.66. The van der Waals surface area contributed by atoms with Crippen LogP contribution in [0.1, 0.15) is 26.3 Å². The third kappa shape index (κ3) is 4.83. The molecule has 0 aliphatic heterocycles. The SMILES string of the molecule is CC(C)(C)N(C(=O)O)[C@H](CO)COCc1ccccc1. The third-order valence-electron chi connectivity index (χ3n) is 2.93. The molecule has 0 heterocycles. The number of amides is 1. The molecule has 0 saturated carbocycles. The van der Waals surface area contributed by atoms with Crippen molar-refractivity contribution in [3.63, 3.8) is 0 Å². The maximum Gasteiger partial charge on any atom is 0.408 e. The molecule has 1 atom stereocenters. The van der Waals surface area contributed by atoms with Gasteiger partial charge < -0.3 is 14.9 Å². The molecule has 0 aliphatic rings. The van der Waals surface area contributed by atoms with E-state index in [4.69, 9.17) is 4.74 Å². The summed E-state index contributed by atoms with van der Waals surface area (Å²) in [6, 6.07) is 9.06. The van der Waals surface area contributed by atoms with Crippen LogP contribution < -0.4 is 0 Å². The Bertz CT molecular complexity index is 414. The highest BCUT2D eigenvalue weighted by molar-refractivity contribution is 5.66. The predicted molar refractivity (Wildman–Crippen MR) is 76.6 cm³/mol. The van der Waals surface area contributed by atoms with E-state index in [1.165, 1.54) is 4.90 Å². The number of aliphatic hydroxyl groups is 1. The third-order valence-corrected chi connectivity index (χ3v) is 2.93. The largest absolute Gasteiger partial charge is 0.465 e. The summed E-state index contributed by atoms with van der Waals surface area (Å²) in [5.74, 6) is 0. The Kier molecular flexibility index (Phi) is 5.98. The summed E-state index contributed by atoms with van der Waals surface area (Å²) >= 11 is 0. The Labute approximate surface area is 119 Å². The van der Waals surface area contributed by atoms with Crippen LogP contribution >= 0.6 is 0 Å². The number of ether oxygens (including phenoxy) is 1. The lowest BCUT2D eigenvalue weighted by molar-refractivity contribution is -0.00550. The summed E-state index contributed by atoms with van der Waals surface area (Å²) in [5.41, 5.74) is 0.428. The fourth-order valence-corrected chi connectivity index (χ4v) is 2.09. The van der Waals surface area contributed by atoms with Gasteiger partial charge in [-0.25, -0.2) is 4.79 Å². The number of rotatable bonds is 6. The topological polar surface area (TPSA) is 70.0 Å². The zero-order chi connectivity index (χ0) is 15.2. The maximum absolute atomic E-state index is 11.3. The smallest absolute Gasteiger partial charge is 0.408 e. The van der Waals surface area contributed by atoms with Gasteiger partial charge in [0.2, 0.25) is 0 Å². The van der Waals surface area contributed by atoms with Gasteiger partial charge in [-0.2, -0.15) is 0 Å². The molecular weight excluding hydrogens is 258 g/mol. The molecular formula is C15H23NO4. The Morgan fingerprint density at radius 2 is 1.90 bits per heavy atom. The van der Waals surface area contributed by atoms with Crippen LogP contribution in [-0.4, -0.2) is 46.0 Å². The van der Waals surface area contributed by atoms with Crippen LogP contribution in [0.2, 0.25) is 0 Å². The van der Waals surface area contributed by atoms with Crippen LogP contribution in [0.25, 0.3) is 0 Å². The molecule has 20 heavy (non-hydrogen) atoms. The summed E-state index contributed by atoms with van der Waals surface area (Å²) in [6.45, 7) is 5.67. The van der Waals surface area contributed by atoms with Crippen LogP contribution in [-0.2, 0) is 11.3 Å². The minimum Gasteiger partial charge on any atom is -0.465 e. The van der Waals surface area contributed by atoms with Crippen molar-refractivity contribution >= 4 is 6.09 Å². The molecule has 1 amide bonds. The Morgan fingerprint density at radius 1 is 1.30 bits per heavy atom. The number of carbonyl (C=O) groups is 1. The van der Waals surface area contributed by atoms with Gasteiger partial charge in [-0.15, -0.1) is 0 Å². The molecule has 0 fully saturated rings. The van der Waals surface area contributed by atoms with E-state index in [-0.39, 0.29) is 13.2 Å². The summed E-state index contributed by atoms with van der Waals surface area (Å²) in [7, 11) is 0. The van der Waals surface area contributed by atoms with Gasteiger partial charge in [0.1, 0.15) is 0 Å². The van der Waals surface area contributed by atoms with Crippen molar-refractivity contribution in [3.05, 3.63) is 35.9 Å². The summed E-state index contributed by atoms with van der Waals surface area (Å²) < 4.78 is 5.53. The average molecular weight is 281 g/mol. The number of aliphatic hydroxyl groups excluding tert-OH is 1. The molecule has 0 aromatic heterocycles. The molecule has 0 spiro atoms. The van der Waals surface area contributed by atoms with E-state index in [2.05, 4.69) is 0 Å². The molecule has 5 nitrogen and oxygen atoms in total. The van der Waals surface area contributed by atoms with E-state index < -0.39 is 17.7 Å². The summed E-state index contributed by atoms with van der Waals surface area (Å²) in [4.78, 5) is 12.6. The standard InChI is InChI=1S/C15H23NO4/c1-15(2,3)16(14(18)19)13(9-17)11-20-10-12-7-5-4-6-8-12/h4-8,13,17H,9-11H2,1-3H3,(H,18,19)/t13-/m1/s1. The number of benzene rings is 1. The van der Waals surface area contributed by atoms with E-state index in [9.17, 15) is 15.0 Å². The van der Waals surface area contributed by atoms with Crippen molar-refractivity contribution in [1.82, 2.24) is 4.90 Å². The zero-order valence-corrected chi connectivity index (χ0v) is 12.2. The van der Waals surface area contributed by atoms with Crippen molar-refractivity contribution in [1.29, 1.82) is 0 Å². The van der Waals surface area contributed by atoms with E-state index in [1.807, 2.05) is 30.3 Å². The van der Waals surface area contributed by atoms with E-state index in [0.29, 0.717) is 6.61 Å². The van der Waals surface area contributed by atoms with E-state index >= 15 is 0 Å². The van der Waals surface area contributed by atoms with Crippen LogP contribution in [0.15, 0.2) is 30.3 Å². The minimum atomic E-state index is -1.06. The van der Waals surface area contributed by atoms with Gasteiger partial charge in [0, 0.05) is 5.54 Å². The first-order valence-corrected chi connectivity index (χ1v) is 6.61. The van der Waals surface area contributed by atoms with Crippen molar-refractivity contribution in [2.75, 3.05) is 13.2 Å². The van der Waals surface area contributed by atoms with Crippen molar-refractivity contribution < 1.29 is 19.7 Å². The number of hydrogen-bond donors (Lipinski definition) is 2. The van der Waals surface area contributed by atoms with Crippen molar-refractivity contribution in [2.24, 2.45) is 0 Å². The minimum absolute atomic E-state index is 0.162. The molecule has 0 unspecified atom stereocenters. The van der Waals surface area contributed by atoms with Gasteiger partial charge >= 0.3 is 6.09 Å². The normalized spacial score (nSPS) is 13.0. The number of hydrogen-bond acceptors (Lipinski definition) is 3. The number of nitrogens with zero attached hydrogens (tertiary/aromatic N) is 1. The van der Waals surface area contributed by atoms with Crippen LogP contribution in [0, 0.1) is 0 Å². The molecule has 0 radical (unpaired) electrons. The van der Waals surface area contributed by atoms with Gasteiger partial charge in [0.25, 0.3) is 0 Å². The average Bonchev–Trinajstić information content (AvgIpc) is 2.36. The van der Waals surface area contributed by atoms with Crippen LogP contribution in [0.4, 0.5) is 4.79 Å². The predicted octanol–water partition coefficient (Wildman–Crippen LogP) is 2.34. The van der Waals surface area contributed by atoms with E-state index in [1.54, 1.807) is 20.8 Å². The van der Waals surface area contributed by atoms with Gasteiger partial charge in [-0.3, -0.25) is 4.90 Å².